The van der Waals surface area contributed by atoms with Crippen LogP contribution in [0.4, 0.5) is 0 Å². The SMILES string of the molecule is NC1CCCCC1CC(=O)NCC1CCOCC1. The Hall–Kier alpha value is -0.610. The first-order valence-corrected chi connectivity index (χ1v) is 7.35. The third kappa shape index (κ3) is 4.25. The fraction of sp³-hybridized carbons (Fsp3) is 0.929. The van der Waals surface area contributed by atoms with Gasteiger partial charge < -0.3 is 15.8 Å². The summed E-state index contributed by atoms with van der Waals surface area (Å²) in [6.07, 6.45) is 7.41. The summed E-state index contributed by atoms with van der Waals surface area (Å²) in [5.41, 5.74) is 6.07. The van der Waals surface area contributed by atoms with Gasteiger partial charge in [0.25, 0.3) is 0 Å². The van der Waals surface area contributed by atoms with E-state index < -0.39 is 0 Å². The summed E-state index contributed by atoms with van der Waals surface area (Å²) in [6, 6.07) is 0.229. The second-order valence-corrected chi connectivity index (χ2v) is 5.77. The van der Waals surface area contributed by atoms with Crippen molar-refractivity contribution in [3.63, 3.8) is 0 Å². The van der Waals surface area contributed by atoms with Gasteiger partial charge in [0.15, 0.2) is 0 Å². The second kappa shape index (κ2) is 7.10. The van der Waals surface area contributed by atoms with Crippen LogP contribution in [0.15, 0.2) is 0 Å². The molecule has 4 nitrogen and oxygen atoms in total. The highest BCUT2D eigenvalue weighted by molar-refractivity contribution is 5.76. The molecule has 0 aromatic carbocycles. The van der Waals surface area contributed by atoms with Crippen molar-refractivity contribution in [2.75, 3.05) is 19.8 Å². The van der Waals surface area contributed by atoms with Gasteiger partial charge in [-0.05, 0) is 37.5 Å². The maximum atomic E-state index is 11.9. The van der Waals surface area contributed by atoms with Gasteiger partial charge in [-0.15, -0.1) is 0 Å². The van der Waals surface area contributed by atoms with Crippen molar-refractivity contribution >= 4 is 5.91 Å². The topological polar surface area (TPSA) is 64.4 Å². The molecule has 0 aromatic rings. The maximum Gasteiger partial charge on any atom is 0.220 e. The van der Waals surface area contributed by atoms with E-state index >= 15 is 0 Å². The highest BCUT2D eigenvalue weighted by Crippen LogP contribution is 2.25. The van der Waals surface area contributed by atoms with Crippen molar-refractivity contribution in [3.8, 4) is 0 Å². The van der Waals surface area contributed by atoms with E-state index in [2.05, 4.69) is 5.32 Å². The van der Waals surface area contributed by atoms with Crippen molar-refractivity contribution in [1.29, 1.82) is 0 Å². The summed E-state index contributed by atoms with van der Waals surface area (Å²) in [5.74, 6) is 1.18. The molecule has 1 aliphatic carbocycles. The van der Waals surface area contributed by atoms with Gasteiger partial charge >= 0.3 is 0 Å². The van der Waals surface area contributed by atoms with E-state index in [1.807, 2.05) is 0 Å². The van der Waals surface area contributed by atoms with E-state index in [1.165, 1.54) is 12.8 Å². The van der Waals surface area contributed by atoms with Gasteiger partial charge in [0.05, 0.1) is 0 Å². The molecule has 18 heavy (non-hydrogen) atoms. The second-order valence-electron chi connectivity index (χ2n) is 5.77. The summed E-state index contributed by atoms with van der Waals surface area (Å²) < 4.78 is 5.31. The lowest BCUT2D eigenvalue weighted by molar-refractivity contribution is -0.122. The van der Waals surface area contributed by atoms with Crippen LogP contribution in [0, 0.1) is 11.8 Å². The zero-order valence-corrected chi connectivity index (χ0v) is 11.2. The lowest BCUT2D eigenvalue weighted by Crippen LogP contribution is -2.38. The van der Waals surface area contributed by atoms with Gasteiger partial charge in [-0.3, -0.25) is 4.79 Å². The predicted molar refractivity (Wildman–Crippen MR) is 71.1 cm³/mol. The lowest BCUT2D eigenvalue weighted by Gasteiger charge is -2.28. The van der Waals surface area contributed by atoms with E-state index in [4.69, 9.17) is 10.5 Å². The molecule has 2 unspecified atom stereocenters. The number of hydrogen-bond acceptors (Lipinski definition) is 3. The van der Waals surface area contributed by atoms with Crippen LogP contribution in [-0.4, -0.2) is 31.7 Å². The van der Waals surface area contributed by atoms with Crippen LogP contribution in [0.25, 0.3) is 0 Å². The van der Waals surface area contributed by atoms with E-state index in [-0.39, 0.29) is 11.9 Å². The van der Waals surface area contributed by atoms with Gasteiger partial charge in [-0.25, -0.2) is 0 Å². The summed E-state index contributed by atoms with van der Waals surface area (Å²) >= 11 is 0. The number of carbonyl (C=O) groups excluding carboxylic acids is 1. The van der Waals surface area contributed by atoms with Crippen LogP contribution in [0.1, 0.15) is 44.9 Å². The highest BCUT2D eigenvalue weighted by Gasteiger charge is 2.24. The number of rotatable bonds is 4. The van der Waals surface area contributed by atoms with E-state index in [0.29, 0.717) is 18.3 Å². The smallest absolute Gasteiger partial charge is 0.220 e. The molecule has 0 bridgehead atoms. The van der Waals surface area contributed by atoms with Crippen molar-refractivity contribution in [2.24, 2.45) is 17.6 Å². The maximum absolute atomic E-state index is 11.9. The Bertz CT molecular complexity index is 265. The summed E-state index contributed by atoms with van der Waals surface area (Å²) in [6.45, 7) is 2.49. The van der Waals surface area contributed by atoms with Gasteiger partial charge in [-0.1, -0.05) is 12.8 Å². The number of nitrogens with two attached hydrogens (primary N) is 1. The lowest BCUT2D eigenvalue weighted by atomic mass is 9.83. The number of amides is 1. The summed E-state index contributed by atoms with van der Waals surface area (Å²) in [7, 11) is 0. The monoisotopic (exact) mass is 254 g/mol. The van der Waals surface area contributed by atoms with Crippen LogP contribution < -0.4 is 11.1 Å². The molecule has 1 aliphatic heterocycles. The molecular formula is C14H26N2O2. The van der Waals surface area contributed by atoms with Gasteiger partial charge in [0.2, 0.25) is 5.91 Å². The Morgan fingerprint density at radius 2 is 1.89 bits per heavy atom. The third-order valence-electron chi connectivity index (χ3n) is 4.34. The average molecular weight is 254 g/mol. The molecule has 2 fully saturated rings. The third-order valence-corrected chi connectivity index (χ3v) is 4.34. The van der Waals surface area contributed by atoms with Gasteiger partial charge in [0.1, 0.15) is 0 Å². The largest absolute Gasteiger partial charge is 0.381 e. The Morgan fingerprint density at radius 3 is 2.61 bits per heavy atom. The Morgan fingerprint density at radius 1 is 1.17 bits per heavy atom. The summed E-state index contributed by atoms with van der Waals surface area (Å²) in [4.78, 5) is 11.9. The van der Waals surface area contributed by atoms with E-state index in [1.54, 1.807) is 0 Å². The first-order valence-electron chi connectivity index (χ1n) is 7.35. The Labute approximate surface area is 110 Å². The molecule has 2 atom stereocenters. The normalized spacial score (nSPS) is 30.1. The van der Waals surface area contributed by atoms with E-state index in [0.717, 1.165) is 45.4 Å². The Kier molecular flexibility index (Phi) is 5.45. The van der Waals surface area contributed by atoms with Crippen molar-refractivity contribution in [2.45, 2.75) is 51.0 Å². The quantitative estimate of drug-likeness (QED) is 0.798. The fourth-order valence-corrected chi connectivity index (χ4v) is 3.01. The Balaban J connectivity index is 1.64. The van der Waals surface area contributed by atoms with Gasteiger partial charge in [0, 0.05) is 32.2 Å². The molecule has 1 amide bonds. The van der Waals surface area contributed by atoms with Crippen LogP contribution in [0.5, 0.6) is 0 Å². The van der Waals surface area contributed by atoms with Gasteiger partial charge in [-0.2, -0.15) is 0 Å². The predicted octanol–water partition coefficient (Wildman–Crippen LogP) is 1.44. The first kappa shape index (κ1) is 13.8. The molecule has 0 aromatic heterocycles. The molecule has 4 heteroatoms. The van der Waals surface area contributed by atoms with Crippen LogP contribution in [-0.2, 0) is 9.53 Å². The fourth-order valence-electron chi connectivity index (χ4n) is 3.01. The van der Waals surface area contributed by atoms with E-state index in [9.17, 15) is 4.79 Å². The molecule has 2 rings (SSSR count). The molecule has 2 aliphatic rings. The van der Waals surface area contributed by atoms with Crippen molar-refractivity contribution in [1.82, 2.24) is 5.32 Å². The first-order chi connectivity index (χ1) is 8.75. The molecule has 1 heterocycles. The van der Waals surface area contributed by atoms with Crippen LogP contribution in [0.3, 0.4) is 0 Å². The molecule has 0 radical (unpaired) electrons. The molecule has 1 saturated heterocycles. The van der Waals surface area contributed by atoms with Crippen molar-refractivity contribution < 1.29 is 9.53 Å². The molecular weight excluding hydrogens is 228 g/mol. The minimum atomic E-state index is 0.184. The number of hydrogen-bond donors (Lipinski definition) is 2. The minimum Gasteiger partial charge on any atom is -0.381 e. The highest BCUT2D eigenvalue weighted by atomic mass is 16.5. The summed E-state index contributed by atoms with van der Waals surface area (Å²) in [5, 5.41) is 3.07. The van der Waals surface area contributed by atoms with Crippen molar-refractivity contribution in [3.05, 3.63) is 0 Å². The number of ether oxygens (including phenoxy) is 1. The molecule has 1 saturated carbocycles. The zero-order valence-electron chi connectivity index (χ0n) is 11.2. The standard InChI is InChI=1S/C14H26N2O2/c15-13-4-2-1-3-12(13)9-14(17)16-10-11-5-7-18-8-6-11/h11-13H,1-10,15H2,(H,16,17). The number of nitrogens with one attached hydrogen (secondary N) is 1. The van der Waals surface area contributed by atoms with Crippen LogP contribution in [0.2, 0.25) is 0 Å². The average Bonchev–Trinajstić information content (AvgIpc) is 2.40. The molecule has 0 spiro atoms. The minimum absolute atomic E-state index is 0.184. The van der Waals surface area contributed by atoms with Crippen LogP contribution >= 0.6 is 0 Å². The molecule has 3 N–H and O–H groups in total. The molecule has 104 valence electrons. The zero-order chi connectivity index (χ0) is 12.8. The number of carbonyl (C=O) groups is 1.